The SMILES string of the molecule is O=C(CSCc1ccc(Cl)cc1)NCC(O)c1ccsc1. The molecule has 0 aliphatic rings. The van der Waals surface area contributed by atoms with Crippen molar-refractivity contribution < 1.29 is 9.90 Å². The summed E-state index contributed by atoms with van der Waals surface area (Å²) in [7, 11) is 0. The zero-order valence-corrected chi connectivity index (χ0v) is 13.7. The standard InChI is InChI=1S/C15H16ClNO2S2/c16-13-3-1-11(2-4-13)8-21-10-15(19)17-7-14(18)12-5-6-20-9-12/h1-6,9,14,18H,7-8,10H2,(H,17,19). The molecule has 2 N–H and O–H groups in total. The van der Waals surface area contributed by atoms with Crippen LogP contribution in [0.2, 0.25) is 5.02 Å². The zero-order valence-electron chi connectivity index (χ0n) is 11.3. The molecule has 0 radical (unpaired) electrons. The highest BCUT2D eigenvalue weighted by atomic mass is 35.5. The first-order chi connectivity index (χ1) is 10.1. The number of nitrogens with one attached hydrogen (secondary N) is 1. The van der Waals surface area contributed by atoms with Gasteiger partial charge in [0.15, 0.2) is 0 Å². The first-order valence-electron chi connectivity index (χ1n) is 6.44. The third-order valence-electron chi connectivity index (χ3n) is 2.84. The van der Waals surface area contributed by atoms with Gasteiger partial charge in [0.05, 0.1) is 11.9 Å². The number of aliphatic hydroxyl groups excluding tert-OH is 1. The Kier molecular flexibility index (Phi) is 6.57. The molecule has 0 fully saturated rings. The molecule has 0 aliphatic heterocycles. The molecule has 0 saturated carbocycles. The highest BCUT2D eigenvalue weighted by Crippen LogP contribution is 2.16. The fourth-order valence-electron chi connectivity index (χ4n) is 1.69. The summed E-state index contributed by atoms with van der Waals surface area (Å²) in [5.41, 5.74) is 1.98. The summed E-state index contributed by atoms with van der Waals surface area (Å²) in [5.74, 6) is 1.07. The number of aliphatic hydroxyl groups is 1. The maximum absolute atomic E-state index is 11.7. The van der Waals surface area contributed by atoms with E-state index in [0.717, 1.165) is 16.9 Å². The van der Waals surface area contributed by atoms with Crippen LogP contribution in [0.1, 0.15) is 17.2 Å². The van der Waals surface area contributed by atoms with Gasteiger partial charge in [-0.1, -0.05) is 23.7 Å². The quantitative estimate of drug-likeness (QED) is 0.810. The van der Waals surface area contributed by atoms with Gasteiger partial charge in [-0.3, -0.25) is 4.79 Å². The molecule has 2 rings (SSSR count). The number of thiophene rings is 1. The van der Waals surface area contributed by atoms with Crippen molar-refractivity contribution in [1.29, 1.82) is 0 Å². The van der Waals surface area contributed by atoms with E-state index in [9.17, 15) is 9.90 Å². The van der Waals surface area contributed by atoms with E-state index >= 15 is 0 Å². The van der Waals surface area contributed by atoms with Crippen molar-refractivity contribution in [3.05, 3.63) is 57.2 Å². The number of thioether (sulfide) groups is 1. The van der Waals surface area contributed by atoms with E-state index < -0.39 is 6.10 Å². The number of hydrogen-bond donors (Lipinski definition) is 2. The highest BCUT2D eigenvalue weighted by molar-refractivity contribution is 7.99. The topological polar surface area (TPSA) is 49.3 Å². The van der Waals surface area contributed by atoms with Crippen molar-refractivity contribution in [2.75, 3.05) is 12.3 Å². The molecule has 1 aromatic heterocycles. The molecule has 1 amide bonds. The van der Waals surface area contributed by atoms with E-state index in [2.05, 4.69) is 5.32 Å². The van der Waals surface area contributed by atoms with Gasteiger partial charge < -0.3 is 10.4 Å². The van der Waals surface area contributed by atoms with Gasteiger partial charge in [-0.2, -0.15) is 11.3 Å². The van der Waals surface area contributed by atoms with Crippen molar-refractivity contribution in [2.45, 2.75) is 11.9 Å². The number of hydrogen-bond acceptors (Lipinski definition) is 4. The summed E-state index contributed by atoms with van der Waals surface area (Å²) in [6.07, 6.45) is -0.638. The average Bonchev–Trinajstić information content (AvgIpc) is 3.01. The second-order valence-electron chi connectivity index (χ2n) is 4.50. The Labute approximate surface area is 137 Å². The van der Waals surface area contributed by atoms with Crippen LogP contribution >= 0.6 is 34.7 Å². The molecule has 3 nitrogen and oxygen atoms in total. The molecule has 1 heterocycles. The van der Waals surface area contributed by atoms with E-state index in [4.69, 9.17) is 11.6 Å². The molecular formula is C15H16ClNO2S2. The van der Waals surface area contributed by atoms with E-state index in [1.807, 2.05) is 41.1 Å². The number of amides is 1. The van der Waals surface area contributed by atoms with Crippen LogP contribution < -0.4 is 5.32 Å². The van der Waals surface area contributed by atoms with E-state index in [-0.39, 0.29) is 12.5 Å². The molecule has 112 valence electrons. The van der Waals surface area contributed by atoms with Crippen molar-refractivity contribution >= 4 is 40.6 Å². The first-order valence-corrected chi connectivity index (χ1v) is 8.92. The molecule has 2 aromatic rings. The molecule has 6 heteroatoms. The monoisotopic (exact) mass is 341 g/mol. The van der Waals surface area contributed by atoms with Crippen LogP contribution in [0.25, 0.3) is 0 Å². The van der Waals surface area contributed by atoms with Gasteiger partial charge >= 0.3 is 0 Å². The van der Waals surface area contributed by atoms with Gasteiger partial charge in [0, 0.05) is 17.3 Å². The number of carbonyl (C=O) groups excluding carboxylic acids is 1. The minimum Gasteiger partial charge on any atom is -0.387 e. The molecule has 21 heavy (non-hydrogen) atoms. The molecular weight excluding hydrogens is 326 g/mol. The molecule has 0 aliphatic carbocycles. The summed E-state index contributed by atoms with van der Waals surface area (Å²) in [6, 6.07) is 9.45. The lowest BCUT2D eigenvalue weighted by atomic mass is 10.2. The molecule has 0 bridgehead atoms. The second kappa shape index (κ2) is 8.44. The van der Waals surface area contributed by atoms with Gasteiger partial charge in [0.25, 0.3) is 0 Å². The Morgan fingerprint density at radius 3 is 2.76 bits per heavy atom. The van der Waals surface area contributed by atoms with Crippen molar-refractivity contribution in [2.24, 2.45) is 0 Å². The molecule has 1 aromatic carbocycles. The molecule has 1 atom stereocenters. The largest absolute Gasteiger partial charge is 0.387 e. The lowest BCUT2D eigenvalue weighted by Gasteiger charge is -2.10. The lowest BCUT2D eigenvalue weighted by molar-refractivity contribution is -0.119. The summed E-state index contributed by atoms with van der Waals surface area (Å²) in [4.78, 5) is 11.7. The smallest absolute Gasteiger partial charge is 0.230 e. The first kappa shape index (κ1) is 16.4. The Bertz CT molecular complexity index is 558. The van der Waals surface area contributed by atoms with Gasteiger partial charge in [0.2, 0.25) is 5.91 Å². The van der Waals surface area contributed by atoms with Crippen LogP contribution in [0.5, 0.6) is 0 Å². The summed E-state index contributed by atoms with van der Waals surface area (Å²) in [6.45, 7) is 0.247. The summed E-state index contributed by atoms with van der Waals surface area (Å²) >= 11 is 8.88. The van der Waals surface area contributed by atoms with Gasteiger partial charge in [-0.05, 0) is 40.1 Å². The maximum Gasteiger partial charge on any atom is 0.230 e. The van der Waals surface area contributed by atoms with Crippen LogP contribution in [-0.2, 0) is 10.5 Å². The number of rotatable bonds is 7. The van der Waals surface area contributed by atoms with Crippen LogP contribution in [0, 0.1) is 0 Å². The van der Waals surface area contributed by atoms with Gasteiger partial charge in [0.1, 0.15) is 0 Å². The number of halogens is 1. The van der Waals surface area contributed by atoms with E-state index in [1.165, 1.54) is 23.1 Å². The average molecular weight is 342 g/mol. The minimum atomic E-state index is -0.638. The van der Waals surface area contributed by atoms with Crippen molar-refractivity contribution in [3.8, 4) is 0 Å². The van der Waals surface area contributed by atoms with Gasteiger partial charge in [-0.15, -0.1) is 11.8 Å². The van der Waals surface area contributed by atoms with Gasteiger partial charge in [-0.25, -0.2) is 0 Å². The highest BCUT2D eigenvalue weighted by Gasteiger charge is 2.09. The Balaban J connectivity index is 1.64. The van der Waals surface area contributed by atoms with Crippen LogP contribution in [-0.4, -0.2) is 23.3 Å². The molecule has 1 unspecified atom stereocenters. The predicted molar refractivity (Wildman–Crippen MR) is 89.9 cm³/mol. The Morgan fingerprint density at radius 2 is 2.10 bits per heavy atom. The van der Waals surface area contributed by atoms with Crippen molar-refractivity contribution in [3.63, 3.8) is 0 Å². The normalized spacial score (nSPS) is 12.1. The third kappa shape index (κ3) is 5.71. The van der Waals surface area contributed by atoms with E-state index in [0.29, 0.717) is 10.8 Å². The zero-order chi connectivity index (χ0) is 15.1. The summed E-state index contributed by atoms with van der Waals surface area (Å²) < 4.78 is 0. The maximum atomic E-state index is 11.7. The molecule has 0 spiro atoms. The van der Waals surface area contributed by atoms with Crippen LogP contribution in [0.15, 0.2) is 41.1 Å². The Hall–Kier alpha value is -1.01. The third-order valence-corrected chi connectivity index (χ3v) is 4.79. The van der Waals surface area contributed by atoms with Crippen LogP contribution in [0.3, 0.4) is 0 Å². The second-order valence-corrected chi connectivity index (χ2v) is 6.70. The number of benzene rings is 1. The lowest BCUT2D eigenvalue weighted by Crippen LogP contribution is -2.29. The van der Waals surface area contributed by atoms with Crippen molar-refractivity contribution in [1.82, 2.24) is 5.32 Å². The summed E-state index contributed by atoms with van der Waals surface area (Å²) in [5, 5.41) is 17.1. The van der Waals surface area contributed by atoms with Crippen LogP contribution in [0.4, 0.5) is 0 Å². The fraction of sp³-hybridized carbons (Fsp3) is 0.267. The number of carbonyl (C=O) groups is 1. The minimum absolute atomic E-state index is 0.0664. The Morgan fingerprint density at radius 1 is 1.33 bits per heavy atom. The molecule has 0 saturated heterocycles. The predicted octanol–water partition coefficient (Wildman–Crippen LogP) is 3.48. The fourth-order valence-corrected chi connectivity index (χ4v) is 3.34. The van der Waals surface area contributed by atoms with E-state index in [1.54, 1.807) is 0 Å².